The highest BCUT2D eigenvalue weighted by atomic mass is 16.5. The van der Waals surface area contributed by atoms with Crippen LogP contribution in [0, 0.1) is 6.92 Å². The number of nitrogens with two attached hydrogens (primary N) is 2. The monoisotopic (exact) mass is 311 g/mol. The van der Waals surface area contributed by atoms with Crippen LogP contribution in [-0.2, 0) is 6.42 Å². The van der Waals surface area contributed by atoms with Crippen molar-refractivity contribution in [2.75, 3.05) is 18.6 Å². The van der Waals surface area contributed by atoms with E-state index in [9.17, 15) is 4.79 Å². The third-order valence-electron chi connectivity index (χ3n) is 3.80. The van der Waals surface area contributed by atoms with Crippen molar-refractivity contribution < 1.29 is 4.74 Å². The minimum atomic E-state index is -0.213. The van der Waals surface area contributed by atoms with Gasteiger partial charge in [0.2, 0.25) is 5.95 Å². The Morgan fingerprint density at radius 3 is 2.78 bits per heavy atom. The summed E-state index contributed by atoms with van der Waals surface area (Å²) in [5, 5.41) is 0.622. The summed E-state index contributed by atoms with van der Waals surface area (Å²) in [5.74, 6) is 1.03. The predicted molar refractivity (Wildman–Crippen MR) is 89.5 cm³/mol. The van der Waals surface area contributed by atoms with Gasteiger partial charge in [0.25, 0.3) is 5.56 Å². The number of hydrogen-bond acceptors (Lipinski definition) is 6. The Bertz CT molecular complexity index is 949. The Labute approximate surface area is 132 Å². The molecule has 5 N–H and O–H groups in total. The summed E-state index contributed by atoms with van der Waals surface area (Å²) < 4.78 is 5.22. The van der Waals surface area contributed by atoms with Crippen molar-refractivity contribution >= 4 is 22.8 Å². The van der Waals surface area contributed by atoms with Gasteiger partial charge in [0.05, 0.1) is 12.5 Å². The van der Waals surface area contributed by atoms with Gasteiger partial charge >= 0.3 is 0 Å². The maximum atomic E-state index is 12.4. The molecule has 0 spiro atoms. The van der Waals surface area contributed by atoms with E-state index >= 15 is 0 Å². The lowest BCUT2D eigenvalue weighted by molar-refractivity contribution is 0.414. The van der Waals surface area contributed by atoms with Crippen LogP contribution in [0.2, 0.25) is 0 Å². The van der Waals surface area contributed by atoms with Crippen LogP contribution in [-0.4, -0.2) is 22.1 Å². The minimum absolute atomic E-state index is 0.0330. The molecule has 2 aromatic heterocycles. The van der Waals surface area contributed by atoms with E-state index in [2.05, 4.69) is 15.0 Å². The smallest absolute Gasteiger partial charge is 0.253 e. The summed E-state index contributed by atoms with van der Waals surface area (Å²) in [6.45, 7) is 1.84. The first-order valence-electron chi connectivity index (χ1n) is 7.07. The average molecular weight is 311 g/mol. The topological polar surface area (TPSA) is 120 Å². The number of anilines is 2. The fraction of sp³-hybridized carbons (Fsp3) is 0.188. The molecule has 0 aliphatic heterocycles. The molecule has 0 saturated heterocycles. The maximum Gasteiger partial charge on any atom is 0.253 e. The van der Waals surface area contributed by atoms with Gasteiger partial charge in [0.15, 0.2) is 0 Å². The second-order valence-corrected chi connectivity index (χ2v) is 5.28. The number of methoxy groups -OCH3 is 1. The maximum absolute atomic E-state index is 12.4. The summed E-state index contributed by atoms with van der Waals surface area (Å²) in [6.07, 6.45) is 0.456. The van der Waals surface area contributed by atoms with Crippen LogP contribution in [0.4, 0.5) is 11.8 Å². The second-order valence-electron chi connectivity index (χ2n) is 5.28. The van der Waals surface area contributed by atoms with Gasteiger partial charge in [0, 0.05) is 12.0 Å². The normalized spacial score (nSPS) is 10.9. The third kappa shape index (κ3) is 2.68. The molecule has 7 nitrogen and oxygen atoms in total. The Morgan fingerprint density at radius 2 is 2.04 bits per heavy atom. The van der Waals surface area contributed by atoms with Gasteiger partial charge in [-0.1, -0.05) is 12.1 Å². The minimum Gasteiger partial charge on any atom is -0.497 e. The molecule has 0 unspecified atom stereocenters. The summed E-state index contributed by atoms with van der Waals surface area (Å²) in [7, 11) is 1.61. The highest BCUT2D eigenvalue weighted by Gasteiger charge is 2.14. The van der Waals surface area contributed by atoms with E-state index in [-0.39, 0.29) is 17.3 Å². The van der Waals surface area contributed by atoms with Gasteiger partial charge in [-0.3, -0.25) is 4.79 Å². The Kier molecular flexibility index (Phi) is 3.61. The number of hydrogen-bond donors (Lipinski definition) is 3. The molecule has 3 rings (SSSR count). The zero-order valence-corrected chi connectivity index (χ0v) is 12.9. The summed E-state index contributed by atoms with van der Waals surface area (Å²) in [6, 6.07) is 7.58. The van der Waals surface area contributed by atoms with Crippen LogP contribution in [0.25, 0.3) is 11.0 Å². The molecular weight excluding hydrogens is 294 g/mol. The number of aromatic amines is 1. The van der Waals surface area contributed by atoms with Gasteiger partial charge < -0.3 is 21.2 Å². The quantitative estimate of drug-likeness (QED) is 0.672. The van der Waals surface area contributed by atoms with E-state index in [1.165, 1.54) is 0 Å². The molecule has 1 aromatic carbocycles. The van der Waals surface area contributed by atoms with Crippen molar-refractivity contribution in [1.29, 1.82) is 0 Å². The number of fused-ring (bicyclic) bond motifs is 1. The number of aryl methyl sites for hydroxylation is 1. The number of nitrogen functional groups attached to an aromatic ring is 2. The summed E-state index contributed by atoms with van der Waals surface area (Å²) in [5.41, 5.74) is 14.0. The fourth-order valence-electron chi connectivity index (χ4n) is 2.66. The largest absolute Gasteiger partial charge is 0.497 e. The van der Waals surface area contributed by atoms with Crippen LogP contribution < -0.4 is 21.8 Å². The van der Waals surface area contributed by atoms with E-state index < -0.39 is 0 Å². The molecular formula is C16H17N5O2. The first kappa shape index (κ1) is 14.8. The molecule has 0 amide bonds. The Balaban J connectivity index is 2.16. The lowest BCUT2D eigenvalue weighted by Gasteiger charge is -2.11. The number of nitrogens with zero attached hydrogens (tertiary/aromatic N) is 2. The van der Waals surface area contributed by atoms with Crippen molar-refractivity contribution in [1.82, 2.24) is 15.0 Å². The molecule has 118 valence electrons. The molecule has 2 heterocycles. The van der Waals surface area contributed by atoms with Crippen molar-refractivity contribution in [2.24, 2.45) is 0 Å². The zero-order chi connectivity index (χ0) is 16.6. The molecule has 0 saturated carbocycles. The van der Waals surface area contributed by atoms with Gasteiger partial charge in [-0.05, 0) is 30.2 Å². The van der Waals surface area contributed by atoms with Crippen molar-refractivity contribution in [2.45, 2.75) is 13.3 Å². The lowest BCUT2D eigenvalue weighted by Crippen LogP contribution is -2.17. The van der Waals surface area contributed by atoms with Crippen LogP contribution in [0.15, 0.2) is 29.1 Å². The first-order valence-corrected chi connectivity index (χ1v) is 7.07. The fourth-order valence-corrected chi connectivity index (χ4v) is 2.66. The van der Waals surface area contributed by atoms with E-state index in [0.29, 0.717) is 23.0 Å². The Hall–Kier alpha value is -3.09. The number of rotatable bonds is 3. The van der Waals surface area contributed by atoms with Crippen LogP contribution >= 0.6 is 0 Å². The standard InChI is InChI=1S/C16H17N5O2/c1-8-11(7-9-4-3-5-10(6-9)23-2)15(22)20-14-12(8)13(17)19-16(18)21-14/h3-6H,7H2,1-2H3,(H5,17,18,19,20,21,22). The van der Waals surface area contributed by atoms with Crippen molar-refractivity contribution in [3.05, 3.63) is 51.3 Å². The zero-order valence-electron chi connectivity index (χ0n) is 12.9. The third-order valence-corrected chi connectivity index (χ3v) is 3.80. The summed E-state index contributed by atoms with van der Waals surface area (Å²) in [4.78, 5) is 23.2. The van der Waals surface area contributed by atoms with Gasteiger partial charge in [0.1, 0.15) is 17.2 Å². The molecule has 0 aliphatic carbocycles. The number of nitrogens with one attached hydrogen (secondary N) is 1. The number of ether oxygens (including phenoxy) is 1. The van der Waals surface area contributed by atoms with Crippen LogP contribution in [0.1, 0.15) is 16.7 Å². The summed E-state index contributed by atoms with van der Waals surface area (Å²) >= 11 is 0. The van der Waals surface area contributed by atoms with Crippen molar-refractivity contribution in [3.63, 3.8) is 0 Å². The highest BCUT2D eigenvalue weighted by molar-refractivity contribution is 5.89. The molecule has 0 atom stereocenters. The van der Waals surface area contributed by atoms with Crippen LogP contribution in [0.3, 0.4) is 0 Å². The number of benzene rings is 1. The van der Waals surface area contributed by atoms with E-state index in [4.69, 9.17) is 16.2 Å². The SMILES string of the molecule is COc1cccc(Cc2c(C)c3c(N)nc(N)nc3[nH]c2=O)c1. The molecule has 3 aromatic rings. The first-order chi connectivity index (χ1) is 11.0. The highest BCUT2D eigenvalue weighted by Crippen LogP contribution is 2.24. The molecule has 7 heteroatoms. The predicted octanol–water partition coefficient (Wildman–Crippen LogP) is 1.39. The Morgan fingerprint density at radius 1 is 1.26 bits per heavy atom. The molecule has 23 heavy (non-hydrogen) atoms. The average Bonchev–Trinajstić information content (AvgIpc) is 2.50. The number of aromatic nitrogens is 3. The molecule has 0 aliphatic rings. The second kappa shape index (κ2) is 5.60. The van der Waals surface area contributed by atoms with E-state index in [0.717, 1.165) is 16.9 Å². The number of H-pyrrole nitrogens is 1. The lowest BCUT2D eigenvalue weighted by atomic mass is 10.00. The number of pyridine rings is 1. The van der Waals surface area contributed by atoms with Gasteiger partial charge in [-0.2, -0.15) is 9.97 Å². The van der Waals surface area contributed by atoms with Crippen LogP contribution in [0.5, 0.6) is 5.75 Å². The van der Waals surface area contributed by atoms with E-state index in [1.54, 1.807) is 7.11 Å². The van der Waals surface area contributed by atoms with Gasteiger partial charge in [-0.15, -0.1) is 0 Å². The molecule has 0 bridgehead atoms. The van der Waals surface area contributed by atoms with E-state index in [1.807, 2.05) is 31.2 Å². The van der Waals surface area contributed by atoms with Crippen molar-refractivity contribution in [3.8, 4) is 5.75 Å². The molecule has 0 fully saturated rings. The molecule has 0 radical (unpaired) electrons. The van der Waals surface area contributed by atoms with Gasteiger partial charge in [-0.25, -0.2) is 0 Å².